The minimum Gasteiger partial charge on any atom is -0.733 e. The number of rotatable bonds is 3. The van der Waals surface area contributed by atoms with Gasteiger partial charge in [-0.1, -0.05) is 18.2 Å². The third-order valence-corrected chi connectivity index (χ3v) is 3.55. The zero-order valence-electron chi connectivity index (χ0n) is 7.86. The predicted octanol–water partition coefficient (Wildman–Crippen LogP) is 3.12. The first-order chi connectivity index (χ1) is 7.00. The molecule has 1 aliphatic rings. The molecule has 0 aliphatic heterocycles. The maximum atomic E-state index is 10.8. The van der Waals surface area contributed by atoms with Gasteiger partial charge in [0, 0.05) is 0 Å². The molecular formula is C10H10Cl2NO2-. The van der Waals surface area contributed by atoms with Gasteiger partial charge in [0.2, 0.25) is 0 Å². The summed E-state index contributed by atoms with van der Waals surface area (Å²) in [6.07, 6.45) is 1.34. The van der Waals surface area contributed by atoms with Crippen LogP contribution >= 0.6 is 23.2 Å². The summed E-state index contributed by atoms with van der Waals surface area (Å²) >= 11 is 11.8. The van der Waals surface area contributed by atoms with Gasteiger partial charge in [0.15, 0.2) is 0 Å². The molecule has 0 saturated heterocycles. The molecule has 1 N–H and O–H groups in total. The average Bonchev–Trinajstić information content (AvgIpc) is 2.74. The smallest absolute Gasteiger partial charge is 0.121 e. The van der Waals surface area contributed by atoms with Crippen LogP contribution in [0.4, 0.5) is 5.69 Å². The number of anilines is 1. The van der Waals surface area contributed by atoms with Gasteiger partial charge < -0.3 is 10.4 Å². The van der Waals surface area contributed by atoms with Gasteiger partial charge >= 0.3 is 0 Å². The zero-order valence-corrected chi connectivity index (χ0v) is 9.37. The van der Waals surface area contributed by atoms with Crippen molar-refractivity contribution in [2.24, 2.45) is 5.92 Å². The quantitative estimate of drug-likeness (QED) is 0.659. The number of hydrogen-bond acceptors (Lipinski definition) is 3. The van der Waals surface area contributed by atoms with Crippen molar-refractivity contribution in [1.29, 1.82) is 0 Å². The van der Waals surface area contributed by atoms with Gasteiger partial charge in [-0.25, -0.2) is 0 Å². The van der Waals surface area contributed by atoms with E-state index in [1.807, 2.05) is 6.07 Å². The minimum absolute atomic E-state index is 0.123. The predicted molar refractivity (Wildman–Crippen MR) is 60.3 cm³/mol. The van der Waals surface area contributed by atoms with Crippen LogP contribution in [0.5, 0.6) is 0 Å². The lowest BCUT2D eigenvalue weighted by molar-refractivity contribution is 0.295. The Labute approximate surface area is 97.7 Å². The number of hydrogen-bond donors (Lipinski definition) is 1. The summed E-state index contributed by atoms with van der Waals surface area (Å²) in [6.45, 7) is 0. The van der Waals surface area contributed by atoms with E-state index in [0.717, 1.165) is 12.0 Å². The molecule has 1 atom stereocenters. The fraction of sp³-hybridized carbons (Fsp3) is 0.400. The fourth-order valence-electron chi connectivity index (χ4n) is 1.63. The van der Waals surface area contributed by atoms with E-state index in [-0.39, 0.29) is 16.8 Å². The molecule has 82 valence electrons. The Morgan fingerprint density at radius 1 is 1.47 bits per heavy atom. The topological polar surface area (TPSA) is 46.5 Å². The molecule has 0 radical (unpaired) electrons. The highest BCUT2D eigenvalue weighted by Crippen LogP contribution is 2.55. The number of halogens is 2. The molecule has 15 heavy (non-hydrogen) atoms. The van der Waals surface area contributed by atoms with Gasteiger partial charge in [0.1, 0.15) is 4.33 Å². The first kappa shape index (κ1) is 11.0. The summed E-state index contributed by atoms with van der Waals surface area (Å²) in [4.78, 5) is 0. The van der Waals surface area contributed by atoms with E-state index >= 15 is 0 Å². The van der Waals surface area contributed by atoms with Crippen LogP contribution in [-0.4, -0.2) is 9.54 Å². The number of benzene rings is 1. The van der Waals surface area contributed by atoms with Crippen LogP contribution in [0, 0.1) is 11.1 Å². The van der Waals surface area contributed by atoms with Crippen LogP contribution < -0.4 is 5.23 Å². The second-order valence-corrected chi connectivity index (χ2v) is 5.31. The third-order valence-electron chi connectivity index (χ3n) is 2.62. The van der Waals surface area contributed by atoms with E-state index in [2.05, 4.69) is 0 Å². The van der Waals surface area contributed by atoms with Gasteiger partial charge in [-0.05, 0) is 30.4 Å². The summed E-state index contributed by atoms with van der Waals surface area (Å²) in [7, 11) is 0. The standard InChI is InChI=1S/C10H10Cl2NO2/c11-10(12)6-8(10)5-7-3-1-2-4-9(7)13(14)15/h1-4,8,14H,5-6H2/q-1/t8-/m0/s1. The van der Waals surface area contributed by atoms with Crippen molar-refractivity contribution < 1.29 is 5.21 Å². The van der Waals surface area contributed by atoms with E-state index in [0.29, 0.717) is 6.42 Å². The highest BCUT2D eigenvalue weighted by Gasteiger charge is 2.51. The van der Waals surface area contributed by atoms with Gasteiger partial charge in [-0.15, -0.1) is 23.2 Å². The Kier molecular flexibility index (Phi) is 2.81. The van der Waals surface area contributed by atoms with E-state index in [9.17, 15) is 5.21 Å². The third kappa shape index (κ3) is 2.37. The molecule has 1 aromatic carbocycles. The first-order valence-electron chi connectivity index (χ1n) is 4.62. The van der Waals surface area contributed by atoms with Crippen molar-refractivity contribution >= 4 is 28.9 Å². The Morgan fingerprint density at radius 2 is 2.07 bits per heavy atom. The molecule has 1 aromatic rings. The van der Waals surface area contributed by atoms with Gasteiger partial charge in [-0.3, -0.25) is 5.21 Å². The van der Waals surface area contributed by atoms with Gasteiger partial charge in [0.05, 0.1) is 5.69 Å². The highest BCUT2D eigenvalue weighted by atomic mass is 35.5. The molecule has 0 amide bonds. The summed E-state index contributed by atoms with van der Waals surface area (Å²) in [5.41, 5.74) is 1.02. The van der Waals surface area contributed by atoms with Crippen LogP contribution in [0.3, 0.4) is 0 Å². The second kappa shape index (κ2) is 3.83. The summed E-state index contributed by atoms with van der Waals surface area (Å²) in [5.74, 6) is 0.168. The first-order valence-corrected chi connectivity index (χ1v) is 5.38. The van der Waals surface area contributed by atoms with Crippen molar-refractivity contribution in [1.82, 2.24) is 0 Å². The van der Waals surface area contributed by atoms with Crippen LogP contribution in [0.15, 0.2) is 24.3 Å². The number of alkyl halides is 2. The van der Waals surface area contributed by atoms with Crippen molar-refractivity contribution in [3.63, 3.8) is 0 Å². The molecule has 0 bridgehead atoms. The Bertz CT molecular complexity index is 368. The Morgan fingerprint density at radius 3 is 2.60 bits per heavy atom. The zero-order chi connectivity index (χ0) is 11.1. The monoisotopic (exact) mass is 246 g/mol. The molecule has 3 nitrogen and oxygen atoms in total. The molecule has 1 aliphatic carbocycles. The lowest BCUT2D eigenvalue weighted by Crippen LogP contribution is -2.10. The maximum Gasteiger partial charge on any atom is 0.121 e. The molecular weight excluding hydrogens is 237 g/mol. The molecule has 5 heteroatoms. The van der Waals surface area contributed by atoms with Gasteiger partial charge in [0.25, 0.3) is 0 Å². The average molecular weight is 247 g/mol. The van der Waals surface area contributed by atoms with Gasteiger partial charge in [-0.2, -0.15) is 0 Å². The fourth-order valence-corrected chi connectivity index (χ4v) is 2.15. The van der Waals surface area contributed by atoms with E-state index in [1.165, 1.54) is 0 Å². The Balaban J connectivity index is 2.14. The number of nitrogens with zero attached hydrogens (tertiary/aromatic N) is 1. The normalized spacial score (nSPS) is 22.5. The van der Waals surface area contributed by atoms with Crippen molar-refractivity contribution in [2.45, 2.75) is 17.2 Å². The summed E-state index contributed by atoms with van der Waals surface area (Å²) in [6, 6.07) is 6.86. The molecule has 0 spiro atoms. The van der Waals surface area contributed by atoms with E-state index in [4.69, 9.17) is 28.4 Å². The van der Waals surface area contributed by atoms with E-state index < -0.39 is 4.33 Å². The lowest BCUT2D eigenvalue weighted by Gasteiger charge is -2.24. The van der Waals surface area contributed by atoms with Crippen molar-refractivity contribution in [3.8, 4) is 0 Å². The molecule has 1 fully saturated rings. The molecule has 0 unspecified atom stereocenters. The molecule has 1 saturated carbocycles. The SMILES string of the molecule is [O-]N(O)c1ccccc1C[C@H]1CC1(Cl)Cl. The van der Waals surface area contributed by atoms with Crippen molar-refractivity contribution in [3.05, 3.63) is 35.0 Å². The Hall–Kier alpha value is -0.480. The molecule has 2 rings (SSSR count). The van der Waals surface area contributed by atoms with E-state index in [1.54, 1.807) is 18.2 Å². The molecule has 0 heterocycles. The van der Waals surface area contributed by atoms with Crippen LogP contribution in [0.25, 0.3) is 0 Å². The summed E-state index contributed by atoms with van der Waals surface area (Å²) in [5, 5.41) is 19.6. The minimum atomic E-state index is -0.656. The maximum absolute atomic E-state index is 10.8. The largest absolute Gasteiger partial charge is 0.733 e. The highest BCUT2D eigenvalue weighted by molar-refractivity contribution is 6.50. The van der Waals surface area contributed by atoms with Crippen molar-refractivity contribution in [2.75, 3.05) is 5.23 Å². The van der Waals surface area contributed by atoms with Crippen LogP contribution in [0.2, 0.25) is 0 Å². The molecule has 0 aromatic heterocycles. The lowest BCUT2D eigenvalue weighted by atomic mass is 10.1. The van der Waals surface area contributed by atoms with Crippen LogP contribution in [0.1, 0.15) is 12.0 Å². The summed E-state index contributed by atoms with van der Waals surface area (Å²) < 4.78 is -0.656. The van der Waals surface area contributed by atoms with Crippen LogP contribution in [-0.2, 0) is 6.42 Å². The second-order valence-electron chi connectivity index (χ2n) is 3.77. The number of para-hydroxylation sites is 1.